The summed E-state index contributed by atoms with van der Waals surface area (Å²) in [7, 11) is 2.12. The van der Waals surface area contributed by atoms with E-state index in [9.17, 15) is 33.9 Å². The number of rotatable bonds is 27. The number of likely N-dealkylation sites (N-methyl/N-ethyl adjacent to an activating group) is 1. The number of nitrogens with zero attached hydrogens (tertiary/aromatic N) is 4. The van der Waals surface area contributed by atoms with Crippen LogP contribution in [0.2, 0.25) is 0 Å². The number of carbonyl (C=O) groups is 7. The molecule has 8 atom stereocenters. The molecule has 2 aromatic rings. The van der Waals surface area contributed by atoms with Gasteiger partial charge in [0, 0.05) is 68.3 Å². The number of likely N-dealkylation sites (tertiary alicyclic amines) is 1. The van der Waals surface area contributed by atoms with Crippen molar-refractivity contribution >= 4 is 75.9 Å². The fourth-order valence-electron chi connectivity index (χ4n) is 8.04. The van der Waals surface area contributed by atoms with Crippen molar-refractivity contribution in [2.75, 3.05) is 39.0 Å². The van der Waals surface area contributed by atoms with Crippen LogP contribution in [0.5, 0.6) is 0 Å². The average molecular weight is 960 g/mol. The lowest BCUT2D eigenvalue weighted by Crippen LogP contribution is -2.57. The predicted molar refractivity (Wildman–Crippen MR) is 254 cm³/mol. The summed E-state index contributed by atoms with van der Waals surface area (Å²) in [4.78, 5) is 102. The Morgan fingerprint density at radius 3 is 2.28 bits per heavy atom. The van der Waals surface area contributed by atoms with Crippen LogP contribution in [-0.2, 0) is 33.5 Å². The predicted octanol–water partition coefficient (Wildman–Crippen LogP) is 5.75. The first-order chi connectivity index (χ1) is 30.9. The Labute approximate surface area is 396 Å². The van der Waals surface area contributed by atoms with Crippen LogP contribution < -0.4 is 16.0 Å². The number of unbranched alkanes of at least 4 members (excludes halogenated alkanes) is 1. The van der Waals surface area contributed by atoms with Gasteiger partial charge in [0.2, 0.25) is 11.8 Å². The van der Waals surface area contributed by atoms with Crippen LogP contribution in [-0.4, -0.2) is 135 Å². The smallest absolute Gasteiger partial charge is 0.326 e. The number of carboxylic acids is 1. The van der Waals surface area contributed by atoms with E-state index in [2.05, 4.69) is 46.7 Å². The largest absolute Gasteiger partial charge is 0.480 e. The molecule has 0 radical (unpaired) electrons. The Bertz CT molecular complexity index is 1920. The summed E-state index contributed by atoms with van der Waals surface area (Å²) in [5, 5.41) is 22.7. The molecule has 16 nitrogen and oxygen atoms in total. The molecular weight excluding hydrogens is 891 g/mol. The molecule has 4 rings (SSSR count). The lowest BCUT2D eigenvalue weighted by molar-refractivity contribution is -0.149. The van der Waals surface area contributed by atoms with Gasteiger partial charge < -0.3 is 35.6 Å². The van der Waals surface area contributed by atoms with Crippen LogP contribution >= 0.6 is 34.4 Å². The van der Waals surface area contributed by atoms with E-state index in [-0.39, 0.29) is 59.9 Å². The van der Waals surface area contributed by atoms with Gasteiger partial charge in [0.1, 0.15) is 22.8 Å². The van der Waals surface area contributed by atoms with E-state index in [1.165, 1.54) is 52.5 Å². The molecule has 4 N–H and O–H groups in total. The molecule has 19 heteroatoms. The Hall–Kier alpha value is -4.17. The van der Waals surface area contributed by atoms with Crippen molar-refractivity contribution in [3.63, 3.8) is 0 Å². The minimum atomic E-state index is -1.17. The van der Waals surface area contributed by atoms with Gasteiger partial charge in [-0.3, -0.25) is 33.7 Å². The molecule has 1 fully saturated rings. The Morgan fingerprint density at radius 2 is 1.68 bits per heavy atom. The number of carboxylic acid groups (broad SMARTS) is 1. The molecule has 1 saturated heterocycles. The third kappa shape index (κ3) is 15.7. The standard InChI is InChI=1S/C46H69N7O9S3/c1-9-29(5)40(47-25-32-16-11-12-20-51(32)8)45(59)52(21-13-14-22-53-37(55)18-19-38(53)56)35(28(3)4)24-36(62-31(7)54)44-49-34(27-65-44)42(57)48-33(26-64-39-17-15-23-63-39)43(58)50-41(46(60)61)30(6)10-2/h15,17-19,23,27-30,32-33,35-36,40-41,47H,9-14,16,20-22,24-26H2,1-8H3,(H,48,57)(H,50,58)(H,60,61)/t29-,30?,32+,33-,35+,36+,40-,41?/m0/s1. The zero-order chi connectivity index (χ0) is 47.8. The molecule has 2 aromatic heterocycles. The molecule has 0 aliphatic carbocycles. The monoisotopic (exact) mass is 959 g/mol. The summed E-state index contributed by atoms with van der Waals surface area (Å²) in [6, 6.07) is 0.817. The topological polar surface area (TPSA) is 208 Å². The van der Waals surface area contributed by atoms with E-state index in [0.29, 0.717) is 43.4 Å². The fraction of sp³-hybridized carbons (Fsp3) is 0.652. The van der Waals surface area contributed by atoms with Crippen molar-refractivity contribution in [2.45, 2.75) is 140 Å². The number of piperidine rings is 1. The summed E-state index contributed by atoms with van der Waals surface area (Å²) in [5.41, 5.74) is -0.0129. The molecule has 0 saturated carbocycles. The van der Waals surface area contributed by atoms with Gasteiger partial charge in [-0.25, -0.2) is 9.78 Å². The maximum absolute atomic E-state index is 15.1. The number of ether oxygens (including phenoxy) is 1. The Kier molecular flexibility index (Phi) is 21.6. The lowest BCUT2D eigenvalue weighted by atomic mass is 9.91. The van der Waals surface area contributed by atoms with Gasteiger partial charge in [0.15, 0.2) is 6.10 Å². The fourth-order valence-corrected chi connectivity index (χ4v) is 10.7. The molecule has 0 spiro atoms. The molecular formula is C46H69N7O9S3. The number of hydrogen-bond donors (Lipinski definition) is 4. The van der Waals surface area contributed by atoms with Crippen LogP contribution in [0.4, 0.5) is 0 Å². The van der Waals surface area contributed by atoms with Crippen LogP contribution in [0.3, 0.4) is 0 Å². The Balaban J connectivity index is 1.61. The van der Waals surface area contributed by atoms with Gasteiger partial charge in [0.25, 0.3) is 17.7 Å². The van der Waals surface area contributed by atoms with Crippen molar-refractivity contribution in [1.29, 1.82) is 0 Å². The van der Waals surface area contributed by atoms with Gasteiger partial charge in [0.05, 0.1) is 10.3 Å². The maximum atomic E-state index is 15.1. The Morgan fingerprint density at radius 1 is 0.985 bits per heavy atom. The lowest BCUT2D eigenvalue weighted by Gasteiger charge is -2.40. The summed E-state index contributed by atoms with van der Waals surface area (Å²) >= 11 is 3.95. The summed E-state index contributed by atoms with van der Waals surface area (Å²) in [5.74, 6) is -4.22. The highest BCUT2D eigenvalue weighted by atomic mass is 32.2. The van der Waals surface area contributed by atoms with E-state index >= 15 is 4.79 Å². The van der Waals surface area contributed by atoms with Gasteiger partial charge in [-0.15, -0.1) is 34.4 Å². The SMILES string of the molecule is CCC(C)C(NC(=O)[C@H](CSc1cccs1)NC(=O)c1csc([C@@H](C[C@H](C(C)C)N(CCCCN2C(=O)C=CC2=O)C(=O)[C@@H](NC[C@H]2CCCCN2C)[C@@H](C)CC)OC(C)=O)n1)C(=O)O. The van der Waals surface area contributed by atoms with E-state index in [4.69, 9.17) is 4.74 Å². The molecule has 5 amide bonds. The number of hydrogen-bond acceptors (Lipinski definition) is 14. The molecule has 0 bridgehead atoms. The summed E-state index contributed by atoms with van der Waals surface area (Å²) in [6.45, 7) is 15.2. The second-order valence-corrected chi connectivity index (χ2v) is 20.7. The molecule has 4 heterocycles. The van der Waals surface area contributed by atoms with Gasteiger partial charge >= 0.3 is 11.9 Å². The van der Waals surface area contributed by atoms with E-state index in [1.54, 1.807) is 6.92 Å². The number of aromatic nitrogens is 1. The highest BCUT2D eigenvalue weighted by molar-refractivity contribution is 8.01. The van der Waals surface area contributed by atoms with Gasteiger partial charge in [-0.05, 0) is 68.5 Å². The molecule has 360 valence electrons. The molecule has 65 heavy (non-hydrogen) atoms. The first-order valence-corrected chi connectivity index (χ1v) is 25.6. The number of aliphatic carboxylic acids is 1. The normalized spacial score (nSPS) is 18.7. The van der Waals surface area contributed by atoms with Crippen molar-refractivity contribution in [1.82, 2.24) is 35.6 Å². The highest BCUT2D eigenvalue weighted by Gasteiger charge is 2.38. The van der Waals surface area contributed by atoms with Crippen molar-refractivity contribution in [2.24, 2.45) is 17.8 Å². The van der Waals surface area contributed by atoms with E-state index in [0.717, 1.165) is 47.8 Å². The molecule has 2 aliphatic heterocycles. The number of carbonyl (C=O) groups excluding carboxylic acids is 6. The second-order valence-electron chi connectivity index (χ2n) is 17.5. The quantitative estimate of drug-likeness (QED) is 0.0365. The van der Waals surface area contributed by atoms with Crippen molar-refractivity contribution in [3.05, 3.63) is 45.7 Å². The third-order valence-electron chi connectivity index (χ3n) is 12.4. The number of thioether (sulfide) groups is 1. The summed E-state index contributed by atoms with van der Waals surface area (Å²) < 4.78 is 6.85. The van der Waals surface area contributed by atoms with Crippen molar-refractivity contribution < 1.29 is 43.4 Å². The molecule has 2 unspecified atom stereocenters. The number of thiazole rings is 1. The van der Waals surface area contributed by atoms with Gasteiger partial charge in [-0.1, -0.05) is 66.9 Å². The van der Waals surface area contributed by atoms with E-state index in [1.807, 2.05) is 43.2 Å². The highest BCUT2D eigenvalue weighted by Crippen LogP contribution is 2.32. The number of esters is 1. The number of imide groups is 1. The average Bonchev–Trinajstić information content (AvgIpc) is 4.05. The minimum Gasteiger partial charge on any atom is -0.480 e. The minimum absolute atomic E-state index is 0.0124. The number of thiophene rings is 1. The van der Waals surface area contributed by atoms with Gasteiger partial charge in [-0.2, -0.15) is 0 Å². The first kappa shape index (κ1) is 53.4. The number of nitrogens with one attached hydrogen (secondary N) is 3. The third-order valence-corrected chi connectivity index (χ3v) is 15.6. The van der Waals surface area contributed by atoms with Crippen molar-refractivity contribution in [3.8, 4) is 0 Å². The zero-order valence-corrected chi connectivity index (χ0v) is 41.5. The first-order valence-electron chi connectivity index (χ1n) is 22.9. The van der Waals surface area contributed by atoms with Crippen LogP contribution in [0.15, 0.2) is 39.3 Å². The van der Waals surface area contributed by atoms with Crippen LogP contribution in [0.1, 0.15) is 121 Å². The van der Waals surface area contributed by atoms with E-state index < -0.39 is 54.0 Å². The summed E-state index contributed by atoms with van der Waals surface area (Å²) in [6.07, 6.45) is 7.28. The second kappa shape index (κ2) is 26.2. The maximum Gasteiger partial charge on any atom is 0.326 e. The number of amides is 5. The van der Waals surface area contributed by atoms with Crippen LogP contribution in [0.25, 0.3) is 0 Å². The molecule has 2 aliphatic rings. The van der Waals surface area contributed by atoms with Crippen LogP contribution in [0, 0.1) is 17.8 Å². The molecule has 0 aromatic carbocycles. The zero-order valence-electron chi connectivity index (χ0n) is 39.1.